The van der Waals surface area contributed by atoms with Crippen molar-refractivity contribution in [1.82, 2.24) is 0 Å². The van der Waals surface area contributed by atoms with Crippen molar-refractivity contribution in [2.24, 2.45) is 0 Å². The van der Waals surface area contributed by atoms with Crippen LogP contribution >= 0.6 is 0 Å². The summed E-state index contributed by atoms with van der Waals surface area (Å²) in [5.41, 5.74) is 1.53. The van der Waals surface area contributed by atoms with Crippen molar-refractivity contribution >= 4 is 0 Å². The van der Waals surface area contributed by atoms with Gasteiger partial charge < -0.3 is 9.47 Å². The summed E-state index contributed by atoms with van der Waals surface area (Å²) in [6, 6.07) is 8.33. The number of benzene rings is 1. The number of hydrogen-bond acceptors (Lipinski definition) is 2. The molecule has 0 N–H and O–H groups in total. The molecule has 1 saturated carbocycles. The van der Waals surface area contributed by atoms with Crippen LogP contribution in [-0.2, 0) is 4.74 Å². The van der Waals surface area contributed by atoms with Crippen LogP contribution < -0.4 is 4.74 Å². The molecule has 0 amide bonds. The lowest BCUT2D eigenvalue weighted by atomic mass is 9.97. The molecular weight excluding hydrogens is 212 g/mol. The standard InChI is InChI=1S/C15H20O2/c1-16-13-6-4-12(5-7-13)14-8-11-15(17-14)9-2-3-10-15/h4-7,14H,2-3,8-11H2,1H3. The molecule has 2 heteroatoms. The second-order valence-corrected chi connectivity index (χ2v) is 5.31. The van der Waals surface area contributed by atoms with Crippen LogP contribution in [-0.4, -0.2) is 12.7 Å². The normalized spacial score (nSPS) is 26.5. The Bertz CT molecular complexity index is 376. The van der Waals surface area contributed by atoms with E-state index in [-0.39, 0.29) is 5.60 Å². The Morgan fingerprint density at radius 1 is 1.12 bits per heavy atom. The first-order valence-corrected chi connectivity index (χ1v) is 6.63. The van der Waals surface area contributed by atoms with Crippen LogP contribution in [0.25, 0.3) is 0 Å². The number of rotatable bonds is 2. The van der Waals surface area contributed by atoms with Crippen molar-refractivity contribution in [3.05, 3.63) is 29.8 Å². The minimum Gasteiger partial charge on any atom is -0.497 e. The first-order valence-electron chi connectivity index (χ1n) is 6.63. The molecule has 1 aromatic rings. The molecule has 1 aromatic carbocycles. The van der Waals surface area contributed by atoms with Crippen molar-refractivity contribution in [1.29, 1.82) is 0 Å². The van der Waals surface area contributed by atoms with E-state index in [1.165, 1.54) is 44.1 Å². The van der Waals surface area contributed by atoms with E-state index in [4.69, 9.17) is 9.47 Å². The minimum atomic E-state index is 0.227. The molecular formula is C15H20O2. The van der Waals surface area contributed by atoms with Gasteiger partial charge in [-0.15, -0.1) is 0 Å². The van der Waals surface area contributed by atoms with Crippen molar-refractivity contribution in [3.63, 3.8) is 0 Å². The first kappa shape index (κ1) is 11.1. The van der Waals surface area contributed by atoms with Crippen LogP contribution in [0.3, 0.4) is 0 Å². The van der Waals surface area contributed by atoms with Gasteiger partial charge in [0, 0.05) is 0 Å². The molecule has 17 heavy (non-hydrogen) atoms. The molecule has 1 saturated heterocycles. The second kappa shape index (κ2) is 4.34. The first-order chi connectivity index (χ1) is 8.31. The van der Waals surface area contributed by atoms with Crippen LogP contribution in [0.1, 0.15) is 50.2 Å². The fourth-order valence-corrected chi connectivity index (χ4v) is 3.25. The Kier molecular flexibility index (Phi) is 2.83. The number of methoxy groups -OCH3 is 1. The molecule has 1 atom stereocenters. The average Bonchev–Trinajstić information content (AvgIpc) is 3.01. The average molecular weight is 232 g/mol. The van der Waals surface area contributed by atoms with Gasteiger partial charge in [0.25, 0.3) is 0 Å². The van der Waals surface area contributed by atoms with Gasteiger partial charge in [0.15, 0.2) is 0 Å². The summed E-state index contributed by atoms with van der Waals surface area (Å²) in [7, 11) is 1.70. The highest BCUT2D eigenvalue weighted by Crippen LogP contribution is 2.48. The van der Waals surface area contributed by atoms with Gasteiger partial charge in [-0.05, 0) is 43.4 Å². The molecule has 1 unspecified atom stereocenters. The van der Waals surface area contributed by atoms with Gasteiger partial charge in [-0.25, -0.2) is 0 Å². The monoisotopic (exact) mass is 232 g/mol. The fourth-order valence-electron chi connectivity index (χ4n) is 3.25. The van der Waals surface area contributed by atoms with E-state index in [9.17, 15) is 0 Å². The van der Waals surface area contributed by atoms with Crippen molar-refractivity contribution in [2.45, 2.75) is 50.2 Å². The molecule has 1 heterocycles. The summed E-state index contributed by atoms with van der Waals surface area (Å²) in [4.78, 5) is 0. The van der Waals surface area contributed by atoms with Gasteiger partial charge in [0.2, 0.25) is 0 Å². The maximum Gasteiger partial charge on any atom is 0.118 e. The summed E-state index contributed by atoms with van der Waals surface area (Å²) in [5.74, 6) is 0.919. The summed E-state index contributed by atoms with van der Waals surface area (Å²) in [6.45, 7) is 0. The smallest absolute Gasteiger partial charge is 0.118 e. The maximum atomic E-state index is 6.33. The van der Waals surface area contributed by atoms with Crippen molar-refractivity contribution in [3.8, 4) is 5.75 Å². The van der Waals surface area contributed by atoms with Crippen LogP contribution in [0, 0.1) is 0 Å². The molecule has 0 bridgehead atoms. The molecule has 1 spiro atoms. The zero-order valence-electron chi connectivity index (χ0n) is 10.4. The third-order valence-corrected chi connectivity index (χ3v) is 4.26. The molecule has 2 fully saturated rings. The van der Waals surface area contributed by atoms with E-state index >= 15 is 0 Å². The molecule has 1 aliphatic heterocycles. The van der Waals surface area contributed by atoms with Gasteiger partial charge in [-0.2, -0.15) is 0 Å². The number of hydrogen-bond donors (Lipinski definition) is 0. The minimum absolute atomic E-state index is 0.227. The molecule has 1 aliphatic carbocycles. The number of ether oxygens (including phenoxy) is 2. The topological polar surface area (TPSA) is 18.5 Å². The highest BCUT2D eigenvalue weighted by Gasteiger charge is 2.42. The summed E-state index contributed by atoms with van der Waals surface area (Å²) >= 11 is 0. The summed E-state index contributed by atoms with van der Waals surface area (Å²) in [5, 5.41) is 0. The highest BCUT2D eigenvalue weighted by atomic mass is 16.5. The van der Waals surface area contributed by atoms with E-state index in [0.717, 1.165) is 5.75 Å². The van der Waals surface area contributed by atoms with Crippen LogP contribution in [0.4, 0.5) is 0 Å². The maximum absolute atomic E-state index is 6.33. The van der Waals surface area contributed by atoms with Crippen molar-refractivity contribution < 1.29 is 9.47 Å². The summed E-state index contributed by atoms with van der Waals surface area (Å²) in [6.07, 6.45) is 7.93. The van der Waals surface area contributed by atoms with E-state index in [0.29, 0.717) is 6.10 Å². The zero-order chi connectivity index (χ0) is 11.7. The summed E-state index contributed by atoms with van der Waals surface area (Å²) < 4.78 is 11.5. The predicted octanol–water partition coefficient (Wildman–Crippen LogP) is 3.86. The third-order valence-electron chi connectivity index (χ3n) is 4.26. The highest BCUT2D eigenvalue weighted by molar-refractivity contribution is 5.29. The molecule has 0 radical (unpaired) electrons. The molecule has 2 nitrogen and oxygen atoms in total. The van der Waals surface area contributed by atoms with Crippen LogP contribution in [0.2, 0.25) is 0 Å². The Balaban J connectivity index is 1.72. The lowest BCUT2D eigenvalue weighted by Gasteiger charge is -2.23. The third kappa shape index (κ3) is 2.06. The Morgan fingerprint density at radius 2 is 1.82 bits per heavy atom. The van der Waals surface area contributed by atoms with Gasteiger partial charge >= 0.3 is 0 Å². The van der Waals surface area contributed by atoms with E-state index in [2.05, 4.69) is 12.1 Å². The molecule has 92 valence electrons. The van der Waals surface area contributed by atoms with Gasteiger partial charge in [0.1, 0.15) is 5.75 Å². The SMILES string of the molecule is COc1ccc(C2CCC3(CCCC3)O2)cc1. The molecule has 0 aromatic heterocycles. The lowest BCUT2D eigenvalue weighted by molar-refractivity contribution is -0.0374. The Labute approximate surface area is 103 Å². The van der Waals surface area contributed by atoms with E-state index in [1.54, 1.807) is 7.11 Å². The quantitative estimate of drug-likeness (QED) is 0.771. The van der Waals surface area contributed by atoms with E-state index < -0.39 is 0 Å². The predicted molar refractivity (Wildman–Crippen MR) is 67.3 cm³/mol. The van der Waals surface area contributed by atoms with Gasteiger partial charge in [0.05, 0.1) is 18.8 Å². The Morgan fingerprint density at radius 3 is 2.47 bits per heavy atom. The van der Waals surface area contributed by atoms with E-state index in [1.807, 2.05) is 12.1 Å². The van der Waals surface area contributed by atoms with Crippen molar-refractivity contribution in [2.75, 3.05) is 7.11 Å². The zero-order valence-corrected chi connectivity index (χ0v) is 10.4. The largest absolute Gasteiger partial charge is 0.497 e. The van der Waals surface area contributed by atoms with Gasteiger partial charge in [-0.3, -0.25) is 0 Å². The lowest BCUT2D eigenvalue weighted by Crippen LogP contribution is -2.22. The molecule has 2 aliphatic rings. The van der Waals surface area contributed by atoms with Crippen LogP contribution in [0.15, 0.2) is 24.3 Å². The second-order valence-electron chi connectivity index (χ2n) is 5.31. The fraction of sp³-hybridized carbons (Fsp3) is 0.600. The van der Waals surface area contributed by atoms with Gasteiger partial charge in [-0.1, -0.05) is 25.0 Å². The van der Waals surface area contributed by atoms with Crippen LogP contribution in [0.5, 0.6) is 5.75 Å². The molecule has 3 rings (SSSR count). The Hall–Kier alpha value is -1.02.